The molecule has 0 unspecified atom stereocenters. The third-order valence-electron chi connectivity index (χ3n) is 2.70. The quantitative estimate of drug-likeness (QED) is 0.675. The summed E-state index contributed by atoms with van der Waals surface area (Å²) >= 11 is 1.75. The summed E-state index contributed by atoms with van der Waals surface area (Å²) in [5.41, 5.74) is 2.56. The summed E-state index contributed by atoms with van der Waals surface area (Å²) in [6.07, 6.45) is 5.79. The summed E-state index contributed by atoms with van der Waals surface area (Å²) in [7, 11) is 0. The van der Waals surface area contributed by atoms with Crippen LogP contribution in [0.4, 0.5) is 0 Å². The second-order valence-electron chi connectivity index (χ2n) is 4.31. The van der Waals surface area contributed by atoms with Crippen molar-refractivity contribution in [3.8, 4) is 0 Å². The Labute approximate surface area is 122 Å². The fourth-order valence-electron chi connectivity index (χ4n) is 1.71. The Kier molecular flexibility index (Phi) is 4.96. The molecular formula is C16H16N2OS. The van der Waals surface area contributed by atoms with Crippen LogP contribution in [0.3, 0.4) is 0 Å². The molecule has 20 heavy (non-hydrogen) atoms. The van der Waals surface area contributed by atoms with E-state index in [2.05, 4.69) is 28.9 Å². The van der Waals surface area contributed by atoms with Crippen molar-refractivity contribution in [2.45, 2.75) is 11.8 Å². The minimum absolute atomic E-state index is 0.178. The maximum Gasteiger partial charge on any atom is 0.264 e. The van der Waals surface area contributed by atoms with Gasteiger partial charge in [-0.15, -0.1) is 18.3 Å². The van der Waals surface area contributed by atoms with Gasteiger partial charge in [-0.3, -0.25) is 4.79 Å². The van der Waals surface area contributed by atoms with E-state index in [-0.39, 0.29) is 5.56 Å². The lowest BCUT2D eigenvalue weighted by molar-refractivity contribution is 0.961. The number of nitrogens with one attached hydrogen (secondary N) is 1. The van der Waals surface area contributed by atoms with Crippen LogP contribution in [-0.4, -0.2) is 16.0 Å². The van der Waals surface area contributed by atoms with Crippen LogP contribution >= 0.6 is 11.8 Å². The SMILES string of the molecule is C=CCSc1cccc(C=Cc2n[nH]c(=O)cc2C)c1. The van der Waals surface area contributed by atoms with E-state index in [1.54, 1.807) is 17.8 Å². The predicted octanol–water partition coefficient (Wildman–Crippen LogP) is 3.53. The highest BCUT2D eigenvalue weighted by Gasteiger charge is 1.97. The van der Waals surface area contributed by atoms with E-state index in [4.69, 9.17) is 0 Å². The van der Waals surface area contributed by atoms with Gasteiger partial charge in [0.25, 0.3) is 5.56 Å². The Hall–Kier alpha value is -2.07. The van der Waals surface area contributed by atoms with Crippen LogP contribution in [0.1, 0.15) is 16.8 Å². The molecule has 0 amide bonds. The highest BCUT2D eigenvalue weighted by atomic mass is 32.2. The molecule has 2 rings (SSSR count). The number of aromatic amines is 1. The largest absolute Gasteiger partial charge is 0.268 e. The number of hydrogen-bond acceptors (Lipinski definition) is 3. The summed E-state index contributed by atoms with van der Waals surface area (Å²) in [5, 5.41) is 6.47. The van der Waals surface area contributed by atoms with Crippen molar-refractivity contribution >= 4 is 23.9 Å². The zero-order chi connectivity index (χ0) is 14.4. The van der Waals surface area contributed by atoms with E-state index in [1.807, 2.05) is 37.3 Å². The molecular weight excluding hydrogens is 268 g/mol. The Balaban J connectivity index is 2.18. The van der Waals surface area contributed by atoms with E-state index in [1.165, 1.54) is 4.90 Å². The van der Waals surface area contributed by atoms with E-state index in [0.29, 0.717) is 0 Å². The molecule has 0 atom stereocenters. The maximum absolute atomic E-state index is 11.1. The molecule has 3 nitrogen and oxygen atoms in total. The fourth-order valence-corrected chi connectivity index (χ4v) is 2.42. The second kappa shape index (κ2) is 6.91. The van der Waals surface area contributed by atoms with E-state index >= 15 is 0 Å². The minimum atomic E-state index is -0.178. The summed E-state index contributed by atoms with van der Waals surface area (Å²) in [6, 6.07) is 9.80. The number of H-pyrrole nitrogens is 1. The van der Waals surface area contributed by atoms with Gasteiger partial charge in [-0.25, -0.2) is 5.10 Å². The topological polar surface area (TPSA) is 45.8 Å². The zero-order valence-corrected chi connectivity index (χ0v) is 12.1. The molecule has 0 saturated heterocycles. The standard InChI is InChI=1S/C16H16N2OS/c1-3-9-20-14-6-4-5-13(11-14)7-8-15-12(2)10-16(19)18-17-15/h3-8,10-11H,1,9H2,2H3,(H,18,19). The van der Waals surface area contributed by atoms with Gasteiger partial charge in [0.05, 0.1) is 5.69 Å². The van der Waals surface area contributed by atoms with Crippen molar-refractivity contribution in [1.29, 1.82) is 0 Å². The highest BCUT2D eigenvalue weighted by Crippen LogP contribution is 2.20. The van der Waals surface area contributed by atoms with Crippen molar-refractivity contribution in [1.82, 2.24) is 10.2 Å². The van der Waals surface area contributed by atoms with Gasteiger partial charge >= 0.3 is 0 Å². The van der Waals surface area contributed by atoms with Gasteiger partial charge in [-0.1, -0.05) is 24.3 Å². The first-order chi connectivity index (χ1) is 9.69. The maximum atomic E-state index is 11.1. The first-order valence-corrected chi connectivity index (χ1v) is 7.26. The first-order valence-electron chi connectivity index (χ1n) is 6.27. The summed E-state index contributed by atoms with van der Waals surface area (Å²) < 4.78 is 0. The Morgan fingerprint density at radius 1 is 1.35 bits per heavy atom. The Bertz CT molecular complexity index is 689. The average molecular weight is 284 g/mol. The van der Waals surface area contributed by atoms with Gasteiger partial charge in [-0.05, 0) is 36.3 Å². The van der Waals surface area contributed by atoms with Crippen LogP contribution < -0.4 is 5.56 Å². The third kappa shape index (κ3) is 3.96. The number of aromatic nitrogens is 2. The monoisotopic (exact) mass is 284 g/mol. The molecule has 0 aliphatic rings. The first kappa shape index (κ1) is 14.3. The normalized spacial score (nSPS) is 10.8. The number of hydrogen-bond donors (Lipinski definition) is 1. The van der Waals surface area contributed by atoms with Gasteiger partial charge < -0.3 is 0 Å². The molecule has 0 radical (unpaired) electrons. The van der Waals surface area contributed by atoms with Gasteiger partial charge in [0.1, 0.15) is 0 Å². The van der Waals surface area contributed by atoms with Crippen LogP contribution in [0, 0.1) is 6.92 Å². The van der Waals surface area contributed by atoms with Crippen LogP contribution in [0.25, 0.3) is 12.2 Å². The molecule has 4 heteroatoms. The van der Waals surface area contributed by atoms with Crippen molar-refractivity contribution in [2.75, 3.05) is 5.75 Å². The predicted molar refractivity (Wildman–Crippen MR) is 85.9 cm³/mol. The molecule has 0 spiro atoms. The summed E-state index contributed by atoms with van der Waals surface area (Å²) in [4.78, 5) is 12.3. The molecule has 0 aliphatic heterocycles. The second-order valence-corrected chi connectivity index (χ2v) is 5.40. The van der Waals surface area contributed by atoms with Crippen LogP contribution in [0.2, 0.25) is 0 Å². The smallest absolute Gasteiger partial charge is 0.264 e. The van der Waals surface area contributed by atoms with Gasteiger partial charge in [0.2, 0.25) is 0 Å². The fraction of sp³-hybridized carbons (Fsp3) is 0.125. The number of nitrogens with zero attached hydrogens (tertiary/aromatic N) is 1. The molecule has 102 valence electrons. The Morgan fingerprint density at radius 3 is 2.95 bits per heavy atom. The molecule has 1 aromatic carbocycles. The molecule has 0 aliphatic carbocycles. The van der Waals surface area contributed by atoms with E-state index in [0.717, 1.165) is 22.6 Å². The third-order valence-corrected chi connectivity index (χ3v) is 3.69. The van der Waals surface area contributed by atoms with E-state index < -0.39 is 0 Å². The molecule has 2 aromatic rings. The number of thioether (sulfide) groups is 1. The van der Waals surface area contributed by atoms with Crippen molar-refractivity contribution in [3.05, 3.63) is 70.2 Å². The summed E-state index contributed by atoms with van der Waals surface area (Å²) in [6.45, 7) is 5.59. The lowest BCUT2D eigenvalue weighted by Gasteiger charge is -2.01. The van der Waals surface area contributed by atoms with Gasteiger partial charge in [0.15, 0.2) is 0 Å². The number of rotatable bonds is 5. The van der Waals surface area contributed by atoms with Gasteiger partial charge in [-0.2, -0.15) is 5.10 Å². The van der Waals surface area contributed by atoms with Crippen LogP contribution in [0.15, 0.2) is 52.7 Å². The van der Waals surface area contributed by atoms with Crippen molar-refractivity contribution in [2.24, 2.45) is 0 Å². The van der Waals surface area contributed by atoms with Gasteiger partial charge in [0, 0.05) is 16.7 Å². The minimum Gasteiger partial charge on any atom is -0.268 e. The van der Waals surface area contributed by atoms with E-state index in [9.17, 15) is 4.79 Å². The number of benzene rings is 1. The molecule has 0 bridgehead atoms. The van der Waals surface area contributed by atoms with Crippen LogP contribution in [0.5, 0.6) is 0 Å². The molecule has 0 fully saturated rings. The highest BCUT2D eigenvalue weighted by molar-refractivity contribution is 7.99. The van der Waals surface area contributed by atoms with Crippen LogP contribution in [-0.2, 0) is 0 Å². The Morgan fingerprint density at radius 2 is 2.20 bits per heavy atom. The zero-order valence-electron chi connectivity index (χ0n) is 11.3. The average Bonchev–Trinajstić information content (AvgIpc) is 2.45. The lowest BCUT2D eigenvalue weighted by Crippen LogP contribution is -2.08. The molecule has 1 heterocycles. The van der Waals surface area contributed by atoms with Crippen molar-refractivity contribution in [3.63, 3.8) is 0 Å². The molecule has 0 saturated carbocycles. The number of aryl methyl sites for hydroxylation is 1. The summed E-state index contributed by atoms with van der Waals surface area (Å²) in [5.74, 6) is 0.897. The lowest BCUT2D eigenvalue weighted by atomic mass is 10.1. The molecule has 1 aromatic heterocycles. The molecule has 1 N–H and O–H groups in total. The van der Waals surface area contributed by atoms with Crippen molar-refractivity contribution < 1.29 is 0 Å².